The minimum atomic E-state index is -5.39. The lowest BCUT2D eigenvalue weighted by molar-refractivity contribution is -0.144. The predicted octanol–water partition coefficient (Wildman–Crippen LogP) is 24.0. The average molecular weight is 1410 g/mol. The second-order valence-corrected chi connectivity index (χ2v) is 22.8. The number of aromatic nitrogens is 2. The van der Waals surface area contributed by atoms with Crippen molar-refractivity contribution in [1.29, 1.82) is 15.8 Å². The van der Waals surface area contributed by atoms with Crippen LogP contribution in [0.2, 0.25) is 0 Å². The number of nitriles is 3. The number of rotatable bonds is 7. The highest BCUT2D eigenvalue weighted by atomic mass is 19.4. The van der Waals surface area contributed by atoms with Crippen LogP contribution in [0.25, 0.3) is 111 Å². The van der Waals surface area contributed by atoms with Crippen LogP contribution < -0.4 is 0 Å². The fraction of sp³-hybridized carbons (Fsp3) is 0.113. The summed E-state index contributed by atoms with van der Waals surface area (Å²) in [6.45, 7) is 0. The molecule has 12 rings (SSSR count). The molecule has 0 N–H and O–H groups in total. The normalized spacial score (nSPS) is 13.0. The summed E-state index contributed by atoms with van der Waals surface area (Å²) in [4.78, 5) is 0. The number of hydrogen-bond donors (Lipinski definition) is 0. The molecule has 2 aromatic heterocycles. The van der Waals surface area contributed by atoms with Crippen LogP contribution in [0.1, 0.15) is 61.2 Å². The third kappa shape index (κ3) is 12.8. The lowest BCUT2D eigenvalue weighted by atomic mass is 9.96. The van der Waals surface area contributed by atoms with Crippen molar-refractivity contribution >= 4 is 43.6 Å². The third-order valence-electron chi connectivity index (χ3n) is 16.4. The highest BCUT2D eigenvalue weighted by Gasteiger charge is 2.42. The number of halogens is 24. The maximum Gasteiger partial charge on any atom is 0.416 e. The molecule has 0 bridgehead atoms. The van der Waals surface area contributed by atoms with E-state index in [1.165, 1.54) is 27.3 Å². The zero-order chi connectivity index (χ0) is 72.7. The number of alkyl halides is 24. The van der Waals surface area contributed by atoms with Crippen molar-refractivity contribution < 1.29 is 105 Å². The van der Waals surface area contributed by atoms with Gasteiger partial charge in [0.15, 0.2) is 0 Å². The van der Waals surface area contributed by atoms with Gasteiger partial charge < -0.3 is 9.13 Å². The van der Waals surface area contributed by atoms with E-state index in [0.717, 1.165) is 84.9 Å². The number of nitrogens with zero attached hydrogens (tertiary/aromatic N) is 5. The zero-order valence-corrected chi connectivity index (χ0v) is 49.1. The van der Waals surface area contributed by atoms with E-state index in [-0.39, 0.29) is 124 Å². The van der Waals surface area contributed by atoms with Crippen LogP contribution in [0.5, 0.6) is 0 Å². The van der Waals surface area contributed by atoms with Crippen LogP contribution in [-0.2, 0) is 49.4 Å². The molecule has 0 fully saturated rings. The van der Waals surface area contributed by atoms with E-state index in [2.05, 4.69) is 0 Å². The molecule has 10 aromatic carbocycles. The molecule has 506 valence electrons. The summed E-state index contributed by atoms with van der Waals surface area (Å²) >= 11 is 0. The zero-order valence-electron chi connectivity index (χ0n) is 49.1. The van der Waals surface area contributed by atoms with Crippen LogP contribution in [0.15, 0.2) is 176 Å². The Balaban J connectivity index is 1.19. The molecule has 0 aliphatic carbocycles. The van der Waals surface area contributed by atoms with Gasteiger partial charge in [-0.25, -0.2) is 0 Å². The van der Waals surface area contributed by atoms with Crippen molar-refractivity contribution in [3.63, 3.8) is 0 Å². The summed E-state index contributed by atoms with van der Waals surface area (Å²) < 4.78 is 347. The van der Waals surface area contributed by atoms with Gasteiger partial charge in [-0.05, 0) is 202 Å². The second kappa shape index (κ2) is 23.4. The molecule has 5 nitrogen and oxygen atoms in total. The lowest BCUT2D eigenvalue weighted by Crippen LogP contribution is -2.11. The summed E-state index contributed by atoms with van der Waals surface area (Å²) in [7, 11) is 0. The van der Waals surface area contributed by atoms with Gasteiger partial charge in [0.2, 0.25) is 0 Å². The molecule has 0 radical (unpaired) electrons. The molecule has 0 unspecified atom stereocenters. The molecular formula is C71H29F24N5. The minimum absolute atomic E-state index is 0.104. The van der Waals surface area contributed by atoms with Crippen LogP contribution >= 0.6 is 0 Å². The highest BCUT2D eigenvalue weighted by molar-refractivity contribution is 6.14. The summed E-state index contributed by atoms with van der Waals surface area (Å²) in [6.07, 6.45) is -43.1. The number of fused-ring (bicyclic) bond motifs is 6. The van der Waals surface area contributed by atoms with Gasteiger partial charge in [-0.1, -0.05) is 24.3 Å². The molecule has 0 aliphatic heterocycles. The Morgan fingerprint density at radius 2 is 0.460 bits per heavy atom. The lowest BCUT2D eigenvalue weighted by Gasteiger charge is -2.19. The van der Waals surface area contributed by atoms with Gasteiger partial charge in [0, 0.05) is 27.1 Å². The summed E-state index contributed by atoms with van der Waals surface area (Å²) in [5.74, 6) is 0. The summed E-state index contributed by atoms with van der Waals surface area (Å²) in [6, 6.07) is 26.8. The molecule has 0 amide bonds. The van der Waals surface area contributed by atoms with Crippen LogP contribution in [0, 0.1) is 34.0 Å². The van der Waals surface area contributed by atoms with Crippen LogP contribution in [0.4, 0.5) is 105 Å². The van der Waals surface area contributed by atoms with Gasteiger partial charge in [0.1, 0.15) is 6.07 Å². The van der Waals surface area contributed by atoms with Gasteiger partial charge in [0.25, 0.3) is 0 Å². The molecule has 0 saturated carbocycles. The standard InChI is InChI=1S/C71H29F24N5/c72-64(73,74)45-12-39(13-46(25-45)65(75,76)77)35-1-5-58-54(20-35)55-21-36(40-14-47(66(78,79)80)26-48(15-40)67(81,82)83)2-6-59(55)99(58)62-29-53(43-10-33(30-96)9-34(11-43)31-97)63(24-44(62)32-98)100-60-7-3-37(41-16-49(68(84,85)86)27-50(17-41)69(87,88)89)22-56(60)57-23-38(4-8-61(57)100)42-18-51(70(90,91)92)28-52(19-42)71(93,94)95/h1-29H. The smallest absolute Gasteiger partial charge is 0.309 e. The van der Waals surface area contributed by atoms with Crippen LogP contribution in [0.3, 0.4) is 0 Å². The molecule has 100 heavy (non-hydrogen) atoms. The maximum absolute atomic E-state index is 14.4. The van der Waals surface area contributed by atoms with E-state index in [1.807, 2.05) is 18.2 Å². The monoisotopic (exact) mass is 1410 g/mol. The van der Waals surface area contributed by atoms with E-state index in [0.29, 0.717) is 48.5 Å². The molecule has 29 heteroatoms. The fourth-order valence-corrected chi connectivity index (χ4v) is 12.0. The molecule has 12 aromatic rings. The predicted molar refractivity (Wildman–Crippen MR) is 316 cm³/mol. The Bertz CT molecular complexity index is 5100. The van der Waals surface area contributed by atoms with Gasteiger partial charge in [-0.2, -0.15) is 121 Å². The Morgan fingerprint density at radius 1 is 0.220 bits per heavy atom. The number of benzene rings is 10. The van der Waals surface area contributed by atoms with Crippen molar-refractivity contribution in [2.75, 3.05) is 0 Å². The highest BCUT2D eigenvalue weighted by Crippen LogP contribution is 2.49. The Labute approximate surface area is 544 Å². The van der Waals surface area contributed by atoms with Crippen molar-refractivity contribution in [2.24, 2.45) is 0 Å². The van der Waals surface area contributed by atoms with Gasteiger partial charge in [-0.15, -0.1) is 0 Å². The fourth-order valence-electron chi connectivity index (χ4n) is 12.0. The first-order valence-corrected chi connectivity index (χ1v) is 28.3. The molecule has 0 saturated heterocycles. The van der Waals surface area contributed by atoms with Crippen molar-refractivity contribution in [3.8, 4) is 85.2 Å². The molecule has 0 spiro atoms. The topological polar surface area (TPSA) is 81.2 Å². The Kier molecular flexibility index (Phi) is 16.0. The minimum Gasteiger partial charge on any atom is -0.309 e. The molecular weight excluding hydrogens is 1380 g/mol. The quantitative estimate of drug-likeness (QED) is 0.149. The van der Waals surface area contributed by atoms with E-state index in [1.54, 1.807) is 0 Å². The van der Waals surface area contributed by atoms with Crippen molar-refractivity contribution in [1.82, 2.24) is 9.13 Å². The first-order chi connectivity index (χ1) is 46.4. The van der Waals surface area contributed by atoms with E-state index < -0.39 is 122 Å². The Morgan fingerprint density at radius 3 is 0.680 bits per heavy atom. The first-order valence-electron chi connectivity index (χ1n) is 28.3. The molecule has 0 atom stereocenters. The van der Waals surface area contributed by atoms with Crippen molar-refractivity contribution in [3.05, 3.63) is 237 Å². The van der Waals surface area contributed by atoms with Crippen molar-refractivity contribution in [2.45, 2.75) is 49.4 Å². The number of hydrogen-bond acceptors (Lipinski definition) is 3. The van der Waals surface area contributed by atoms with E-state index >= 15 is 0 Å². The SMILES string of the molecule is N#Cc1cc(C#N)cc(-c2cc(-n3c4ccc(-c5cc(C(F)(F)F)cc(C(F)(F)F)c5)cc4c4cc(-c5cc(C(F)(F)F)cc(C(F)(F)F)c5)ccc43)c(C#N)cc2-n2c3ccc(-c4cc(C(F)(F)F)cc(C(F)(F)F)c4)cc3c3cc(-c4cc(C(F)(F)F)cc(C(F)(F)F)c4)ccc32)c1. The van der Waals surface area contributed by atoms with Gasteiger partial charge in [-0.3, -0.25) is 0 Å². The maximum atomic E-state index is 14.4. The molecule has 2 heterocycles. The Hall–Kier alpha value is -11.4. The summed E-state index contributed by atoms with van der Waals surface area (Å²) in [5, 5.41) is 31.2. The largest absolute Gasteiger partial charge is 0.416 e. The van der Waals surface area contributed by atoms with Crippen LogP contribution in [-0.4, -0.2) is 9.13 Å². The van der Waals surface area contributed by atoms with E-state index in [4.69, 9.17) is 0 Å². The summed E-state index contributed by atoms with van der Waals surface area (Å²) in [5.41, 5.74) is -20.8. The average Bonchev–Trinajstić information content (AvgIpc) is 1.56. The second-order valence-electron chi connectivity index (χ2n) is 22.8. The van der Waals surface area contributed by atoms with E-state index in [9.17, 15) is 121 Å². The third-order valence-corrected chi connectivity index (χ3v) is 16.4. The molecule has 0 aliphatic rings. The van der Waals surface area contributed by atoms with Gasteiger partial charge >= 0.3 is 49.4 Å². The van der Waals surface area contributed by atoms with Gasteiger partial charge in [0.05, 0.1) is 107 Å². The first kappa shape index (κ1) is 68.5.